The Morgan fingerprint density at radius 1 is 0.776 bits per heavy atom. The number of allylic oxidation sites excluding steroid dienone is 4. The maximum Gasteiger partial charge on any atom is 0.329 e. The molecular formula is C42H41N3O4. The fourth-order valence-electron chi connectivity index (χ4n) is 6.86. The highest BCUT2D eigenvalue weighted by Crippen LogP contribution is 2.45. The van der Waals surface area contributed by atoms with Crippen LogP contribution >= 0.6 is 0 Å². The number of ether oxygens (including phenoxy) is 1. The summed E-state index contributed by atoms with van der Waals surface area (Å²) in [6, 6.07) is 38.3. The fourth-order valence-corrected chi connectivity index (χ4v) is 6.86. The first kappa shape index (κ1) is 33.2. The molecule has 1 N–H and O–H groups in total. The van der Waals surface area contributed by atoms with E-state index < -0.39 is 29.5 Å². The summed E-state index contributed by atoms with van der Waals surface area (Å²) in [7, 11) is 0. The van der Waals surface area contributed by atoms with Crippen LogP contribution in [-0.4, -0.2) is 46.2 Å². The number of hydrogen-bond acceptors (Lipinski definition) is 5. The molecule has 6 rings (SSSR count). The minimum atomic E-state index is -0.938. The van der Waals surface area contributed by atoms with E-state index in [0.29, 0.717) is 18.7 Å². The van der Waals surface area contributed by atoms with Gasteiger partial charge in [-0.3, -0.25) is 9.59 Å². The zero-order valence-corrected chi connectivity index (χ0v) is 27.8. The smallest absolute Gasteiger partial charge is 0.329 e. The van der Waals surface area contributed by atoms with Gasteiger partial charge in [0, 0.05) is 12.7 Å². The third-order valence-corrected chi connectivity index (χ3v) is 9.12. The van der Waals surface area contributed by atoms with Crippen LogP contribution in [-0.2, 0) is 31.3 Å². The van der Waals surface area contributed by atoms with Crippen molar-refractivity contribution in [2.75, 3.05) is 6.54 Å². The van der Waals surface area contributed by atoms with Gasteiger partial charge in [0.25, 0.3) is 5.91 Å². The van der Waals surface area contributed by atoms with E-state index in [0.717, 1.165) is 22.3 Å². The normalized spacial score (nSPS) is 16.7. The minimum absolute atomic E-state index is 0.127. The standard InChI is InChI=1S/C42H41N3O4/c1-31(2)38(41(48)49-30-32-18-8-3-9-19-32)44-29-27-36(40(44)47)43-39(46)37-26-16-7-17-28-45(37)42(33-20-10-4-11-21-33,34-22-12-5-13-23-34)35-24-14-6-15-25-35/h3-26,28,31,36,38H,27,29-30H2,1-2H3,(H,43,46). The number of rotatable bonds is 11. The lowest BCUT2D eigenvalue weighted by molar-refractivity contribution is -0.157. The maximum atomic E-state index is 14.5. The van der Waals surface area contributed by atoms with Crippen molar-refractivity contribution in [2.24, 2.45) is 5.92 Å². The van der Waals surface area contributed by atoms with Crippen LogP contribution in [0.5, 0.6) is 0 Å². The molecule has 1 fully saturated rings. The van der Waals surface area contributed by atoms with E-state index in [1.807, 2.05) is 128 Å². The van der Waals surface area contributed by atoms with Gasteiger partial charge in [0.15, 0.2) is 0 Å². The minimum Gasteiger partial charge on any atom is -0.459 e. The van der Waals surface area contributed by atoms with Crippen molar-refractivity contribution in [3.05, 3.63) is 180 Å². The van der Waals surface area contributed by atoms with Crippen molar-refractivity contribution < 1.29 is 19.1 Å². The molecule has 2 heterocycles. The molecular weight excluding hydrogens is 610 g/mol. The summed E-state index contributed by atoms with van der Waals surface area (Å²) in [5.41, 5.74) is 3.21. The molecule has 2 amide bonds. The van der Waals surface area contributed by atoms with Gasteiger partial charge in [-0.25, -0.2) is 4.79 Å². The average Bonchev–Trinajstić information content (AvgIpc) is 3.31. The Kier molecular flexibility index (Phi) is 10.2. The number of likely N-dealkylation sites (tertiary alicyclic amines) is 1. The second-order valence-electron chi connectivity index (χ2n) is 12.6. The van der Waals surface area contributed by atoms with Crippen LogP contribution in [0.4, 0.5) is 0 Å². The molecule has 7 nitrogen and oxygen atoms in total. The predicted molar refractivity (Wildman–Crippen MR) is 191 cm³/mol. The molecule has 2 unspecified atom stereocenters. The van der Waals surface area contributed by atoms with E-state index in [2.05, 4.69) is 41.7 Å². The monoisotopic (exact) mass is 651 g/mol. The lowest BCUT2D eigenvalue weighted by Gasteiger charge is -2.45. The second-order valence-corrected chi connectivity index (χ2v) is 12.6. The summed E-state index contributed by atoms with van der Waals surface area (Å²) in [5, 5.41) is 3.04. The van der Waals surface area contributed by atoms with Crippen molar-refractivity contribution in [3.63, 3.8) is 0 Å². The summed E-state index contributed by atoms with van der Waals surface area (Å²) in [6.45, 7) is 4.26. The Balaban J connectivity index is 1.31. The van der Waals surface area contributed by atoms with Gasteiger partial charge in [-0.1, -0.05) is 147 Å². The molecule has 0 saturated carbocycles. The maximum absolute atomic E-state index is 14.5. The van der Waals surface area contributed by atoms with Crippen LogP contribution in [0.2, 0.25) is 0 Å². The molecule has 248 valence electrons. The van der Waals surface area contributed by atoms with Crippen LogP contribution in [0.1, 0.15) is 42.5 Å². The largest absolute Gasteiger partial charge is 0.459 e. The van der Waals surface area contributed by atoms with Crippen LogP contribution in [0.3, 0.4) is 0 Å². The van der Waals surface area contributed by atoms with Crippen molar-refractivity contribution in [1.82, 2.24) is 15.1 Å². The predicted octanol–water partition coefficient (Wildman–Crippen LogP) is 6.73. The summed E-state index contributed by atoms with van der Waals surface area (Å²) in [5.74, 6) is -1.32. The molecule has 0 aliphatic carbocycles. The number of hydrogen-bond donors (Lipinski definition) is 1. The Morgan fingerprint density at radius 3 is 1.84 bits per heavy atom. The number of carbonyl (C=O) groups excluding carboxylic acids is 3. The van der Waals surface area contributed by atoms with Gasteiger partial charge in [0.1, 0.15) is 29.9 Å². The van der Waals surface area contributed by atoms with Gasteiger partial charge in [0.05, 0.1) is 0 Å². The highest BCUT2D eigenvalue weighted by atomic mass is 16.5. The Hall–Kier alpha value is -5.69. The van der Waals surface area contributed by atoms with Crippen molar-refractivity contribution in [2.45, 2.75) is 44.5 Å². The third-order valence-electron chi connectivity index (χ3n) is 9.12. The van der Waals surface area contributed by atoms with Crippen molar-refractivity contribution >= 4 is 17.8 Å². The van der Waals surface area contributed by atoms with Crippen LogP contribution < -0.4 is 5.32 Å². The molecule has 7 heteroatoms. The molecule has 2 atom stereocenters. The SMILES string of the molecule is CC(C)C(C(=O)OCc1ccccc1)N1CCC(NC(=O)C2=CC=CC=CN2C(c2ccccc2)(c2ccccc2)c2ccccc2)C1=O. The summed E-state index contributed by atoms with van der Waals surface area (Å²) in [4.78, 5) is 45.2. The molecule has 49 heavy (non-hydrogen) atoms. The molecule has 2 aliphatic rings. The van der Waals surface area contributed by atoms with Gasteiger partial charge in [0.2, 0.25) is 5.91 Å². The van der Waals surface area contributed by atoms with Crippen LogP contribution in [0.25, 0.3) is 0 Å². The molecule has 0 aromatic heterocycles. The van der Waals surface area contributed by atoms with E-state index in [-0.39, 0.29) is 18.4 Å². The fraction of sp³-hybridized carbons (Fsp3) is 0.214. The van der Waals surface area contributed by atoms with E-state index in [4.69, 9.17) is 4.74 Å². The Labute approximate surface area is 288 Å². The zero-order chi connectivity index (χ0) is 34.2. The highest BCUT2D eigenvalue weighted by molar-refractivity contribution is 5.98. The van der Waals surface area contributed by atoms with Gasteiger partial charge >= 0.3 is 5.97 Å². The number of carbonyl (C=O) groups is 3. The topological polar surface area (TPSA) is 79.0 Å². The summed E-state index contributed by atoms with van der Waals surface area (Å²) in [6.07, 6.45) is 9.71. The van der Waals surface area contributed by atoms with Gasteiger partial charge in [-0.2, -0.15) is 0 Å². The second kappa shape index (κ2) is 15.0. The molecule has 0 radical (unpaired) electrons. The lowest BCUT2D eigenvalue weighted by Crippen LogP contribution is -2.52. The third kappa shape index (κ3) is 6.83. The van der Waals surface area contributed by atoms with E-state index in [1.165, 1.54) is 0 Å². The molecule has 4 aromatic carbocycles. The highest BCUT2D eigenvalue weighted by Gasteiger charge is 2.46. The average molecular weight is 652 g/mol. The molecule has 1 saturated heterocycles. The number of benzene rings is 4. The van der Waals surface area contributed by atoms with E-state index in [1.54, 1.807) is 11.0 Å². The number of nitrogens with zero attached hydrogens (tertiary/aromatic N) is 2. The van der Waals surface area contributed by atoms with Gasteiger partial charge < -0.3 is 19.9 Å². The quantitative estimate of drug-likeness (QED) is 0.144. The van der Waals surface area contributed by atoms with E-state index >= 15 is 0 Å². The molecule has 2 aliphatic heterocycles. The first-order valence-corrected chi connectivity index (χ1v) is 16.7. The summed E-state index contributed by atoms with van der Waals surface area (Å²) < 4.78 is 5.66. The Morgan fingerprint density at radius 2 is 1.31 bits per heavy atom. The Bertz CT molecular complexity index is 1740. The van der Waals surface area contributed by atoms with Crippen LogP contribution in [0.15, 0.2) is 158 Å². The lowest BCUT2D eigenvalue weighted by atomic mass is 9.75. The number of esters is 1. The number of amides is 2. The number of nitrogens with one attached hydrogen (secondary N) is 1. The molecule has 0 bridgehead atoms. The molecule has 0 spiro atoms. The molecule has 4 aromatic rings. The van der Waals surface area contributed by atoms with Gasteiger partial charge in [-0.05, 0) is 46.7 Å². The first-order valence-electron chi connectivity index (χ1n) is 16.7. The van der Waals surface area contributed by atoms with Gasteiger partial charge in [-0.15, -0.1) is 0 Å². The van der Waals surface area contributed by atoms with E-state index in [9.17, 15) is 14.4 Å². The first-order chi connectivity index (χ1) is 23.9. The van der Waals surface area contributed by atoms with Crippen molar-refractivity contribution in [1.29, 1.82) is 0 Å². The van der Waals surface area contributed by atoms with Crippen LogP contribution in [0, 0.1) is 5.92 Å². The zero-order valence-electron chi connectivity index (χ0n) is 27.8. The van der Waals surface area contributed by atoms with Crippen molar-refractivity contribution in [3.8, 4) is 0 Å². The summed E-state index contributed by atoms with van der Waals surface area (Å²) >= 11 is 0.